The largest absolute Gasteiger partial charge is 0.389 e. The molecule has 19 heavy (non-hydrogen) atoms. The normalized spacial score (nSPS) is 31.1. The molecule has 3 atom stereocenters. The highest BCUT2D eigenvalue weighted by Gasteiger charge is 2.41. The van der Waals surface area contributed by atoms with Crippen LogP contribution in [-0.4, -0.2) is 48.0 Å². The van der Waals surface area contributed by atoms with E-state index in [0.29, 0.717) is 29.9 Å². The van der Waals surface area contributed by atoms with Gasteiger partial charge in [-0.05, 0) is 37.9 Å². The van der Waals surface area contributed by atoms with Crippen LogP contribution in [-0.2, 0) is 4.74 Å². The summed E-state index contributed by atoms with van der Waals surface area (Å²) in [5.41, 5.74) is 0. The van der Waals surface area contributed by atoms with Gasteiger partial charge in [0.25, 0.3) is 0 Å². The maximum Gasteiger partial charge on any atom is 0.0897 e. The first-order chi connectivity index (χ1) is 9.15. The van der Waals surface area contributed by atoms with Crippen LogP contribution >= 0.6 is 11.8 Å². The van der Waals surface area contributed by atoms with Crippen molar-refractivity contribution in [3.63, 3.8) is 0 Å². The molecule has 0 heterocycles. The first kappa shape index (κ1) is 15.6. The summed E-state index contributed by atoms with van der Waals surface area (Å²) in [4.78, 5) is 0. The number of thioether (sulfide) groups is 1. The van der Waals surface area contributed by atoms with Gasteiger partial charge >= 0.3 is 0 Å². The van der Waals surface area contributed by atoms with Crippen molar-refractivity contribution in [2.45, 2.75) is 62.4 Å². The van der Waals surface area contributed by atoms with Crippen molar-refractivity contribution in [3.05, 3.63) is 0 Å². The highest BCUT2D eigenvalue weighted by atomic mass is 32.2. The molecule has 0 aromatic rings. The summed E-state index contributed by atoms with van der Waals surface area (Å²) in [5, 5.41) is 13.3. The van der Waals surface area contributed by atoms with E-state index >= 15 is 0 Å². The lowest BCUT2D eigenvalue weighted by Gasteiger charge is -2.29. The fourth-order valence-corrected chi connectivity index (χ4v) is 3.64. The molecule has 0 spiro atoms. The van der Waals surface area contributed by atoms with E-state index in [-0.39, 0.29) is 6.10 Å². The summed E-state index contributed by atoms with van der Waals surface area (Å²) in [5.74, 6) is 0.653. The maximum absolute atomic E-state index is 9.96. The molecule has 112 valence electrons. The number of aliphatic hydroxyl groups excluding tert-OH is 1. The second-order valence-corrected chi connectivity index (χ2v) is 7.58. The zero-order valence-electron chi connectivity index (χ0n) is 12.4. The van der Waals surface area contributed by atoms with Crippen LogP contribution < -0.4 is 5.32 Å². The van der Waals surface area contributed by atoms with Crippen molar-refractivity contribution in [3.8, 4) is 0 Å². The van der Waals surface area contributed by atoms with E-state index in [0.717, 1.165) is 13.0 Å². The van der Waals surface area contributed by atoms with Crippen molar-refractivity contribution in [2.75, 3.05) is 26.0 Å². The van der Waals surface area contributed by atoms with Crippen LogP contribution in [0.2, 0.25) is 0 Å². The monoisotopic (exact) mass is 287 g/mol. The predicted molar refractivity (Wildman–Crippen MR) is 81.7 cm³/mol. The van der Waals surface area contributed by atoms with Crippen LogP contribution in [0.3, 0.4) is 0 Å². The van der Waals surface area contributed by atoms with Crippen molar-refractivity contribution in [1.29, 1.82) is 0 Å². The molecule has 4 heteroatoms. The predicted octanol–water partition coefficient (Wildman–Crippen LogP) is 2.43. The molecule has 0 radical (unpaired) electrons. The van der Waals surface area contributed by atoms with Gasteiger partial charge in [-0.1, -0.05) is 19.8 Å². The van der Waals surface area contributed by atoms with Gasteiger partial charge in [0.15, 0.2) is 0 Å². The van der Waals surface area contributed by atoms with Gasteiger partial charge in [-0.2, -0.15) is 11.8 Å². The molecule has 0 aromatic heterocycles. The molecule has 2 aliphatic rings. The third kappa shape index (κ3) is 4.92. The van der Waals surface area contributed by atoms with Crippen molar-refractivity contribution < 1.29 is 9.84 Å². The zero-order valence-corrected chi connectivity index (χ0v) is 13.2. The average molecular weight is 287 g/mol. The van der Waals surface area contributed by atoms with E-state index in [1.54, 1.807) is 0 Å². The molecular weight excluding hydrogens is 258 g/mol. The van der Waals surface area contributed by atoms with E-state index in [2.05, 4.69) is 18.5 Å². The minimum absolute atomic E-state index is 0.365. The van der Waals surface area contributed by atoms with Gasteiger partial charge in [0, 0.05) is 17.8 Å². The van der Waals surface area contributed by atoms with E-state index in [9.17, 15) is 5.11 Å². The SMILES string of the molecule is CSC1(CNCC(O)COC2CCCCC2C)CC1. The molecule has 2 fully saturated rings. The summed E-state index contributed by atoms with van der Waals surface area (Å²) in [7, 11) is 0. The lowest BCUT2D eigenvalue weighted by Crippen LogP contribution is -2.37. The number of rotatable bonds is 8. The Hall–Kier alpha value is 0.230. The van der Waals surface area contributed by atoms with Crippen molar-refractivity contribution in [2.24, 2.45) is 5.92 Å². The fraction of sp³-hybridized carbons (Fsp3) is 1.00. The Morgan fingerprint density at radius 2 is 2.11 bits per heavy atom. The molecule has 0 aliphatic heterocycles. The molecular formula is C15H29NO2S. The molecule has 0 amide bonds. The topological polar surface area (TPSA) is 41.5 Å². The summed E-state index contributed by atoms with van der Waals surface area (Å²) < 4.78 is 6.36. The van der Waals surface area contributed by atoms with Gasteiger partial charge in [0.1, 0.15) is 0 Å². The van der Waals surface area contributed by atoms with Crippen molar-refractivity contribution >= 4 is 11.8 Å². The second-order valence-electron chi connectivity index (χ2n) is 6.31. The van der Waals surface area contributed by atoms with Crippen molar-refractivity contribution in [1.82, 2.24) is 5.32 Å². The minimum Gasteiger partial charge on any atom is -0.389 e. The Bertz CT molecular complexity index is 271. The van der Waals surface area contributed by atoms with Crippen LogP contribution in [0, 0.1) is 5.92 Å². The second kappa shape index (κ2) is 7.30. The first-order valence-corrected chi connectivity index (χ1v) is 8.93. The summed E-state index contributed by atoms with van der Waals surface area (Å²) in [6.07, 6.45) is 9.85. The number of hydrogen-bond donors (Lipinski definition) is 2. The fourth-order valence-electron chi connectivity index (χ4n) is 2.88. The van der Waals surface area contributed by atoms with Gasteiger partial charge in [-0.25, -0.2) is 0 Å². The lowest BCUT2D eigenvalue weighted by molar-refractivity contribution is -0.0451. The zero-order chi connectivity index (χ0) is 13.7. The van der Waals surface area contributed by atoms with Crippen LogP contribution in [0.1, 0.15) is 45.4 Å². The Labute approximate surface area is 121 Å². The van der Waals surface area contributed by atoms with Gasteiger partial charge in [-0.3, -0.25) is 0 Å². The standard InChI is InChI=1S/C15H29NO2S/c1-12-5-3-4-6-14(12)18-10-13(17)9-16-11-15(19-2)7-8-15/h12-14,16-17H,3-11H2,1-2H3. The number of hydrogen-bond acceptors (Lipinski definition) is 4. The molecule has 2 saturated carbocycles. The molecule has 0 aromatic carbocycles. The molecule has 3 nitrogen and oxygen atoms in total. The summed E-state index contributed by atoms with van der Waals surface area (Å²) in [6.45, 7) is 4.42. The number of nitrogens with one attached hydrogen (secondary N) is 1. The third-order valence-electron chi connectivity index (χ3n) is 4.60. The van der Waals surface area contributed by atoms with E-state index in [1.165, 1.54) is 32.1 Å². The third-order valence-corrected chi connectivity index (χ3v) is 6.02. The van der Waals surface area contributed by atoms with Gasteiger partial charge in [0.2, 0.25) is 0 Å². The average Bonchev–Trinajstić information content (AvgIpc) is 3.18. The Balaban J connectivity index is 1.55. The Morgan fingerprint density at radius 1 is 1.37 bits per heavy atom. The summed E-state index contributed by atoms with van der Waals surface area (Å²) >= 11 is 1.95. The Morgan fingerprint density at radius 3 is 2.74 bits per heavy atom. The highest BCUT2D eigenvalue weighted by Crippen LogP contribution is 2.46. The van der Waals surface area contributed by atoms with Gasteiger partial charge in [0.05, 0.1) is 18.8 Å². The molecule has 0 bridgehead atoms. The van der Waals surface area contributed by atoms with Gasteiger partial charge < -0.3 is 15.2 Å². The molecule has 0 saturated heterocycles. The number of aliphatic hydroxyl groups is 1. The summed E-state index contributed by atoms with van der Waals surface area (Å²) in [6, 6.07) is 0. The van der Waals surface area contributed by atoms with E-state index in [1.807, 2.05) is 11.8 Å². The molecule has 2 rings (SSSR count). The molecule has 2 N–H and O–H groups in total. The van der Waals surface area contributed by atoms with Crippen LogP contribution in [0.5, 0.6) is 0 Å². The molecule has 2 aliphatic carbocycles. The highest BCUT2D eigenvalue weighted by molar-refractivity contribution is 8.00. The van der Waals surface area contributed by atoms with E-state index in [4.69, 9.17) is 4.74 Å². The Kier molecular flexibility index (Phi) is 6.00. The van der Waals surface area contributed by atoms with Crippen LogP contribution in [0.25, 0.3) is 0 Å². The smallest absolute Gasteiger partial charge is 0.0897 e. The van der Waals surface area contributed by atoms with Crippen LogP contribution in [0.4, 0.5) is 0 Å². The van der Waals surface area contributed by atoms with Crippen LogP contribution in [0.15, 0.2) is 0 Å². The van der Waals surface area contributed by atoms with E-state index < -0.39 is 0 Å². The minimum atomic E-state index is -0.369. The number of ether oxygens (including phenoxy) is 1. The molecule has 3 unspecified atom stereocenters. The van der Waals surface area contributed by atoms with Gasteiger partial charge in [-0.15, -0.1) is 0 Å². The first-order valence-electron chi connectivity index (χ1n) is 7.71. The lowest BCUT2D eigenvalue weighted by atomic mass is 9.88. The quantitative estimate of drug-likeness (QED) is 0.719. The maximum atomic E-state index is 9.96.